The van der Waals surface area contributed by atoms with Gasteiger partial charge in [0, 0.05) is 34.5 Å². The van der Waals surface area contributed by atoms with Crippen molar-refractivity contribution in [2.75, 3.05) is 10.6 Å². The monoisotopic (exact) mass is 429 g/mol. The van der Waals surface area contributed by atoms with Gasteiger partial charge < -0.3 is 10.6 Å². The Morgan fingerprint density at radius 3 is 2.83 bits per heavy atom. The zero-order chi connectivity index (χ0) is 20.4. The molecule has 3 N–H and O–H groups in total. The predicted octanol–water partition coefficient (Wildman–Crippen LogP) is 5.48. The van der Waals surface area contributed by atoms with E-state index in [-0.39, 0.29) is 17.4 Å². The van der Waals surface area contributed by atoms with Gasteiger partial charge in [0.15, 0.2) is 0 Å². The number of amides is 1. The number of carbonyl (C=O) groups excluding carboxylic acids is 1. The van der Waals surface area contributed by atoms with Gasteiger partial charge in [-0.05, 0) is 43.2 Å². The number of hydrogen-bond donors (Lipinski definition) is 3. The van der Waals surface area contributed by atoms with E-state index in [9.17, 15) is 9.18 Å². The topological polar surface area (TPSA) is 82.7 Å². The van der Waals surface area contributed by atoms with Crippen molar-refractivity contribution in [1.29, 1.82) is 0 Å². The number of benzene rings is 1. The van der Waals surface area contributed by atoms with E-state index in [1.165, 1.54) is 18.2 Å². The first kappa shape index (κ1) is 19.5. The number of carbonyl (C=O) groups is 1. The third-order valence-electron chi connectivity index (χ3n) is 4.77. The molecule has 0 unspecified atom stereocenters. The van der Waals surface area contributed by atoms with Crippen molar-refractivity contribution in [3.63, 3.8) is 0 Å². The van der Waals surface area contributed by atoms with Crippen LogP contribution in [0.25, 0.3) is 11.3 Å². The molecule has 1 amide bonds. The molecule has 1 aliphatic rings. The summed E-state index contributed by atoms with van der Waals surface area (Å²) in [6.45, 7) is 0. The zero-order valence-electron chi connectivity index (χ0n) is 15.2. The maximum atomic E-state index is 14.2. The Morgan fingerprint density at radius 1 is 1.24 bits per heavy atom. The Labute approximate surface area is 176 Å². The van der Waals surface area contributed by atoms with Gasteiger partial charge in [0.2, 0.25) is 5.91 Å². The first-order valence-corrected chi connectivity index (χ1v) is 9.87. The first-order chi connectivity index (χ1) is 14.0. The quantitative estimate of drug-likeness (QED) is 0.468. The molecule has 4 rings (SSSR count). The Bertz CT molecular complexity index is 1130. The molecule has 0 spiro atoms. The van der Waals surface area contributed by atoms with Crippen LogP contribution in [0.4, 0.5) is 21.6 Å². The Kier molecular flexibility index (Phi) is 5.55. The number of nitrogens with zero attached hydrogens (tertiary/aromatic N) is 2. The summed E-state index contributed by atoms with van der Waals surface area (Å²) in [6, 6.07) is 9.36. The summed E-state index contributed by atoms with van der Waals surface area (Å²) >= 11 is 11.3. The van der Waals surface area contributed by atoms with Crippen LogP contribution in [0.5, 0.6) is 0 Å². The Hall–Kier alpha value is -2.84. The Balaban J connectivity index is 1.58. The maximum Gasteiger partial charge on any atom is 0.228 e. The summed E-state index contributed by atoms with van der Waals surface area (Å²) in [4.78, 5) is 16.3. The van der Waals surface area contributed by atoms with Gasteiger partial charge in [-0.25, -0.2) is 9.37 Å². The number of H-pyrrole nitrogens is 1. The smallest absolute Gasteiger partial charge is 0.228 e. The highest BCUT2D eigenvalue weighted by Crippen LogP contribution is 2.29. The van der Waals surface area contributed by atoms with E-state index in [4.69, 9.17) is 23.8 Å². The van der Waals surface area contributed by atoms with Crippen LogP contribution in [-0.4, -0.2) is 21.1 Å². The lowest BCUT2D eigenvalue weighted by Gasteiger charge is -2.23. The van der Waals surface area contributed by atoms with Crippen molar-refractivity contribution in [3.05, 3.63) is 58.1 Å². The lowest BCUT2D eigenvalue weighted by Crippen LogP contribution is -2.28. The molecule has 29 heavy (non-hydrogen) atoms. The summed E-state index contributed by atoms with van der Waals surface area (Å²) in [5.41, 5.74) is 1.82. The SMILES string of the molecule is O=C(Nc1cc(Nc2cc(-c3cc(Cl)ccc3F)n[nH]c2=S)ccn1)C1CCC1. The van der Waals surface area contributed by atoms with Gasteiger partial charge in [-0.1, -0.05) is 30.2 Å². The molecule has 1 saturated carbocycles. The van der Waals surface area contributed by atoms with E-state index in [0.717, 1.165) is 19.3 Å². The first-order valence-electron chi connectivity index (χ1n) is 9.09. The average Bonchev–Trinajstić information content (AvgIpc) is 2.64. The molecule has 148 valence electrons. The largest absolute Gasteiger partial charge is 0.353 e. The van der Waals surface area contributed by atoms with Gasteiger partial charge >= 0.3 is 0 Å². The highest BCUT2D eigenvalue weighted by atomic mass is 35.5. The van der Waals surface area contributed by atoms with Gasteiger partial charge in [-0.3, -0.25) is 9.89 Å². The van der Waals surface area contributed by atoms with E-state index < -0.39 is 5.82 Å². The van der Waals surface area contributed by atoms with Crippen LogP contribution < -0.4 is 10.6 Å². The number of anilines is 3. The average molecular weight is 430 g/mol. The van der Waals surface area contributed by atoms with Gasteiger partial charge in [-0.2, -0.15) is 5.10 Å². The lowest BCUT2D eigenvalue weighted by molar-refractivity contribution is -0.122. The zero-order valence-corrected chi connectivity index (χ0v) is 16.8. The number of aromatic nitrogens is 3. The molecule has 2 heterocycles. The third-order valence-corrected chi connectivity index (χ3v) is 5.32. The fourth-order valence-electron chi connectivity index (χ4n) is 2.96. The Morgan fingerprint density at radius 2 is 2.07 bits per heavy atom. The molecule has 1 aromatic carbocycles. The van der Waals surface area contributed by atoms with Crippen molar-refractivity contribution >= 4 is 46.9 Å². The van der Waals surface area contributed by atoms with E-state index in [1.807, 2.05) is 0 Å². The van der Waals surface area contributed by atoms with Gasteiger partial charge in [-0.15, -0.1) is 0 Å². The molecule has 1 fully saturated rings. The van der Waals surface area contributed by atoms with Gasteiger partial charge in [0.25, 0.3) is 0 Å². The summed E-state index contributed by atoms with van der Waals surface area (Å²) in [6.07, 6.45) is 4.50. The predicted molar refractivity (Wildman–Crippen MR) is 113 cm³/mol. The van der Waals surface area contributed by atoms with E-state index in [1.54, 1.807) is 24.4 Å². The van der Waals surface area contributed by atoms with Crippen LogP contribution >= 0.6 is 23.8 Å². The van der Waals surface area contributed by atoms with Gasteiger partial charge in [0.1, 0.15) is 16.3 Å². The minimum absolute atomic E-state index is 0.0131. The second-order valence-corrected chi connectivity index (χ2v) is 7.64. The second kappa shape index (κ2) is 8.26. The number of halogens is 2. The van der Waals surface area contributed by atoms with Crippen LogP contribution in [0, 0.1) is 16.4 Å². The lowest BCUT2D eigenvalue weighted by atomic mass is 9.85. The van der Waals surface area contributed by atoms with E-state index in [0.29, 0.717) is 32.5 Å². The molecule has 2 aromatic heterocycles. The summed E-state index contributed by atoms with van der Waals surface area (Å²) in [5, 5.41) is 13.2. The summed E-state index contributed by atoms with van der Waals surface area (Å²) < 4.78 is 14.5. The van der Waals surface area contributed by atoms with Crippen LogP contribution in [0.3, 0.4) is 0 Å². The van der Waals surface area contributed by atoms with Gasteiger partial charge in [0.05, 0.1) is 11.4 Å². The fraction of sp³-hybridized carbons (Fsp3) is 0.200. The molecule has 0 radical (unpaired) electrons. The standard InChI is InChI=1S/C20H17ClFN5OS/c21-12-4-5-15(22)14(8-12)16-10-17(20(29)27-26-16)24-13-6-7-23-18(9-13)25-19(28)11-2-1-3-11/h4-11H,1-3H2,(H,27,29)(H2,23,24,25,26,28). The van der Waals surface area contributed by atoms with Crippen molar-refractivity contribution in [2.24, 2.45) is 5.92 Å². The maximum absolute atomic E-state index is 14.2. The number of rotatable bonds is 5. The minimum Gasteiger partial charge on any atom is -0.353 e. The van der Waals surface area contributed by atoms with Crippen molar-refractivity contribution in [3.8, 4) is 11.3 Å². The van der Waals surface area contributed by atoms with E-state index in [2.05, 4.69) is 25.8 Å². The highest BCUT2D eigenvalue weighted by molar-refractivity contribution is 7.71. The second-order valence-electron chi connectivity index (χ2n) is 6.79. The number of nitrogens with one attached hydrogen (secondary N) is 3. The van der Waals surface area contributed by atoms with Crippen molar-refractivity contribution in [1.82, 2.24) is 15.2 Å². The molecule has 3 aromatic rings. The van der Waals surface area contributed by atoms with Crippen LogP contribution in [0.15, 0.2) is 42.6 Å². The number of pyridine rings is 1. The number of hydrogen-bond acceptors (Lipinski definition) is 5. The molecule has 0 bridgehead atoms. The summed E-state index contributed by atoms with van der Waals surface area (Å²) in [5.74, 6) is 0.0682. The molecular weight excluding hydrogens is 413 g/mol. The highest BCUT2D eigenvalue weighted by Gasteiger charge is 2.25. The van der Waals surface area contributed by atoms with Crippen LogP contribution in [0.2, 0.25) is 5.02 Å². The van der Waals surface area contributed by atoms with E-state index >= 15 is 0 Å². The normalized spacial score (nSPS) is 13.6. The van der Waals surface area contributed by atoms with Crippen molar-refractivity contribution < 1.29 is 9.18 Å². The molecule has 1 aliphatic carbocycles. The van der Waals surface area contributed by atoms with Crippen LogP contribution in [0.1, 0.15) is 19.3 Å². The minimum atomic E-state index is -0.441. The van der Waals surface area contributed by atoms with Crippen LogP contribution in [-0.2, 0) is 4.79 Å². The summed E-state index contributed by atoms with van der Waals surface area (Å²) in [7, 11) is 0. The molecule has 0 saturated heterocycles. The van der Waals surface area contributed by atoms with Crippen molar-refractivity contribution in [2.45, 2.75) is 19.3 Å². The molecular formula is C20H17ClFN5OS. The molecule has 6 nitrogen and oxygen atoms in total. The molecule has 0 atom stereocenters. The third kappa shape index (κ3) is 4.44. The molecule has 9 heteroatoms. The number of aromatic amines is 1. The fourth-order valence-corrected chi connectivity index (χ4v) is 3.29. The molecule has 0 aliphatic heterocycles.